The number of nitrogens with zero attached hydrogens (tertiary/aromatic N) is 1. The van der Waals surface area contributed by atoms with Crippen molar-refractivity contribution in [1.29, 1.82) is 0 Å². The second-order valence-corrected chi connectivity index (χ2v) is 4.47. The maximum absolute atomic E-state index is 3.46. The van der Waals surface area contributed by atoms with Gasteiger partial charge in [0, 0.05) is 25.7 Å². The van der Waals surface area contributed by atoms with Crippen molar-refractivity contribution < 1.29 is 0 Å². The summed E-state index contributed by atoms with van der Waals surface area (Å²) in [6.45, 7) is 11.7. The fraction of sp³-hybridized carbons (Fsp3) is 1.00. The highest BCUT2D eigenvalue weighted by atomic mass is 15.2. The predicted octanol–water partition coefficient (Wildman–Crippen LogP) is 1.72. The van der Waals surface area contributed by atoms with Gasteiger partial charge in [0.25, 0.3) is 0 Å². The number of hydrogen-bond donors (Lipinski definition) is 1. The van der Waals surface area contributed by atoms with Crippen molar-refractivity contribution >= 4 is 0 Å². The van der Waals surface area contributed by atoms with E-state index in [9.17, 15) is 0 Å². The Morgan fingerprint density at radius 3 is 2.77 bits per heavy atom. The highest BCUT2D eigenvalue weighted by Gasteiger charge is 2.19. The first-order chi connectivity index (χ1) is 6.22. The van der Waals surface area contributed by atoms with Gasteiger partial charge in [-0.2, -0.15) is 0 Å². The molecule has 0 saturated carbocycles. The third kappa shape index (κ3) is 4.10. The molecule has 13 heavy (non-hydrogen) atoms. The number of rotatable bonds is 5. The van der Waals surface area contributed by atoms with Crippen LogP contribution in [0.1, 0.15) is 33.6 Å². The van der Waals surface area contributed by atoms with E-state index < -0.39 is 0 Å². The zero-order valence-electron chi connectivity index (χ0n) is 9.34. The summed E-state index contributed by atoms with van der Waals surface area (Å²) < 4.78 is 0. The molecule has 0 spiro atoms. The fourth-order valence-corrected chi connectivity index (χ4v) is 1.96. The number of hydrogen-bond acceptors (Lipinski definition) is 2. The van der Waals surface area contributed by atoms with E-state index in [2.05, 4.69) is 31.0 Å². The van der Waals surface area contributed by atoms with Crippen molar-refractivity contribution in [1.82, 2.24) is 10.2 Å². The summed E-state index contributed by atoms with van der Waals surface area (Å²) in [6.07, 6.45) is 2.77. The molecule has 0 bridgehead atoms. The molecule has 1 rings (SSSR count). The van der Waals surface area contributed by atoms with E-state index in [4.69, 9.17) is 0 Å². The van der Waals surface area contributed by atoms with Crippen molar-refractivity contribution in [2.24, 2.45) is 5.92 Å². The molecular formula is C11H24N2. The van der Waals surface area contributed by atoms with Gasteiger partial charge in [-0.1, -0.05) is 27.2 Å². The first-order valence-electron chi connectivity index (χ1n) is 5.68. The van der Waals surface area contributed by atoms with Crippen LogP contribution in [-0.2, 0) is 0 Å². The van der Waals surface area contributed by atoms with Crippen LogP contribution in [0.5, 0.6) is 0 Å². The van der Waals surface area contributed by atoms with Gasteiger partial charge in [0.15, 0.2) is 0 Å². The van der Waals surface area contributed by atoms with Crippen molar-refractivity contribution in [3.05, 3.63) is 0 Å². The minimum atomic E-state index is 0.629. The second-order valence-electron chi connectivity index (χ2n) is 4.47. The van der Waals surface area contributed by atoms with Crippen LogP contribution in [0.25, 0.3) is 0 Å². The smallest absolute Gasteiger partial charge is 0.0107 e. The van der Waals surface area contributed by atoms with Gasteiger partial charge in [0.2, 0.25) is 0 Å². The zero-order chi connectivity index (χ0) is 9.68. The Balaban J connectivity index is 2.03. The summed E-state index contributed by atoms with van der Waals surface area (Å²) in [5.74, 6) is 0.971. The lowest BCUT2D eigenvalue weighted by molar-refractivity contribution is 0.316. The molecule has 0 amide bonds. The minimum absolute atomic E-state index is 0.629. The first-order valence-corrected chi connectivity index (χ1v) is 5.68. The van der Waals surface area contributed by atoms with Crippen LogP contribution in [0.15, 0.2) is 0 Å². The fourth-order valence-electron chi connectivity index (χ4n) is 1.96. The molecule has 1 N–H and O–H groups in total. The van der Waals surface area contributed by atoms with Crippen LogP contribution in [0, 0.1) is 5.92 Å². The van der Waals surface area contributed by atoms with Crippen LogP contribution in [0.3, 0.4) is 0 Å². The summed E-state index contributed by atoms with van der Waals surface area (Å²) in [4.78, 5) is 2.59. The average molecular weight is 184 g/mol. The van der Waals surface area contributed by atoms with Gasteiger partial charge in [-0.05, 0) is 18.9 Å². The molecule has 1 saturated heterocycles. The maximum atomic E-state index is 3.46. The molecule has 0 aromatic heterocycles. The highest BCUT2D eigenvalue weighted by molar-refractivity contribution is 4.74. The predicted molar refractivity (Wildman–Crippen MR) is 58.0 cm³/mol. The topological polar surface area (TPSA) is 15.3 Å². The van der Waals surface area contributed by atoms with Gasteiger partial charge >= 0.3 is 0 Å². The molecule has 0 aromatic rings. The minimum Gasteiger partial charge on any atom is -0.313 e. The van der Waals surface area contributed by atoms with Gasteiger partial charge < -0.3 is 10.2 Å². The molecule has 0 aliphatic carbocycles. The Hall–Kier alpha value is -0.0800. The van der Waals surface area contributed by atoms with Crippen LogP contribution >= 0.6 is 0 Å². The Morgan fingerprint density at radius 1 is 1.46 bits per heavy atom. The lowest BCUT2D eigenvalue weighted by Gasteiger charge is -2.17. The van der Waals surface area contributed by atoms with Gasteiger partial charge in [0.1, 0.15) is 0 Å². The molecule has 0 radical (unpaired) electrons. The van der Waals surface area contributed by atoms with Crippen molar-refractivity contribution in [3.63, 3.8) is 0 Å². The third-order valence-electron chi connectivity index (χ3n) is 2.93. The maximum Gasteiger partial charge on any atom is 0.0107 e. The van der Waals surface area contributed by atoms with Crippen LogP contribution in [-0.4, -0.2) is 37.1 Å². The molecule has 2 nitrogen and oxygen atoms in total. The van der Waals surface area contributed by atoms with Gasteiger partial charge in [-0.25, -0.2) is 0 Å². The number of nitrogens with one attached hydrogen (secondary N) is 1. The molecule has 1 unspecified atom stereocenters. The molecular weight excluding hydrogens is 160 g/mol. The highest BCUT2D eigenvalue weighted by Crippen LogP contribution is 2.17. The molecule has 2 heteroatoms. The van der Waals surface area contributed by atoms with Crippen LogP contribution < -0.4 is 5.32 Å². The zero-order valence-corrected chi connectivity index (χ0v) is 9.34. The third-order valence-corrected chi connectivity index (χ3v) is 2.93. The van der Waals surface area contributed by atoms with Crippen LogP contribution in [0.4, 0.5) is 0 Å². The van der Waals surface area contributed by atoms with Gasteiger partial charge in [-0.3, -0.25) is 0 Å². The van der Waals surface area contributed by atoms with E-state index in [0.29, 0.717) is 6.04 Å². The molecule has 78 valence electrons. The second kappa shape index (κ2) is 5.61. The molecule has 1 atom stereocenters. The van der Waals surface area contributed by atoms with Crippen molar-refractivity contribution in [3.8, 4) is 0 Å². The number of likely N-dealkylation sites (tertiary alicyclic amines) is 1. The lowest BCUT2D eigenvalue weighted by Crippen LogP contribution is -2.33. The monoisotopic (exact) mass is 184 g/mol. The van der Waals surface area contributed by atoms with E-state index in [1.807, 2.05) is 0 Å². The first kappa shape index (κ1) is 11.0. The quantitative estimate of drug-likeness (QED) is 0.700. The molecule has 0 aromatic carbocycles. The van der Waals surface area contributed by atoms with E-state index in [1.165, 1.54) is 32.5 Å². The summed E-state index contributed by atoms with van der Waals surface area (Å²) in [5.41, 5.74) is 0. The van der Waals surface area contributed by atoms with E-state index in [1.54, 1.807) is 0 Å². The SMILES string of the molecule is CCC1CCN(CCNC(C)C)C1. The van der Waals surface area contributed by atoms with E-state index in [-0.39, 0.29) is 0 Å². The Morgan fingerprint density at radius 2 is 2.23 bits per heavy atom. The summed E-state index contributed by atoms with van der Waals surface area (Å²) >= 11 is 0. The summed E-state index contributed by atoms with van der Waals surface area (Å²) in [6, 6.07) is 0.629. The molecule has 1 heterocycles. The Kier molecular flexibility index (Phi) is 4.74. The largest absolute Gasteiger partial charge is 0.313 e. The Labute approximate surface area is 82.7 Å². The van der Waals surface area contributed by atoms with Crippen LogP contribution in [0.2, 0.25) is 0 Å². The summed E-state index contributed by atoms with van der Waals surface area (Å²) in [5, 5.41) is 3.46. The standard InChI is InChI=1S/C11H24N2/c1-4-11-5-7-13(9-11)8-6-12-10(2)3/h10-12H,4-9H2,1-3H3. The van der Waals surface area contributed by atoms with Gasteiger partial charge in [0.05, 0.1) is 0 Å². The Bertz CT molecular complexity index is 134. The normalized spacial score (nSPS) is 24.5. The van der Waals surface area contributed by atoms with Crippen molar-refractivity contribution in [2.75, 3.05) is 26.2 Å². The average Bonchev–Trinajstić information content (AvgIpc) is 2.52. The van der Waals surface area contributed by atoms with E-state index in [0.717, 1.165) is 12.5 Å². The van der Waals surface area contributed by atoms with E-state index >= 15 is 0 Å². The summed E-state index contributed by atoms with van der Waals surface area (Å²) in [7, 11) is 0. The van der Waals surface area contributed by atoms with Gasteiger partial charge in [-0.15, -0.1) is 0 Å². The molecule has 1 aliphatic heterocycles. The lowest BCUT2D eigenvalue weighted by atomic mass is 10.1. The molecule has 1 aliphatic rings. The molecule has 1 fully saturated rings. The van der Waals surface area contributed by atoms with Crippen molar-refractivity contribution in [2.45, 2.75) is 39.7 Å².